The lowest BCUT2D eigenvalue weighted by Gasteiger charge is -2.47. The Balaban J connectivity index is 1.98. The Morgan fingerprint density at radius 3 is 2.61 bits per heavy atom. The van der Waals surface area contributed by atoms with Gasteiger partial charge in [-0.25, -0.2) is 0 Å². The monoisotopic (exact) mass is 384 g/mol. The highest BCUT2D eigenvalue weighted by Gasteiger charge is 2.46. The number of ether oxygens (including phenoxy) is 2. The largest absolute Gasteiger partial charge is 0.496 e. The molecule has 1 unspecified atom stereocenters. The van der Waals surface area contributed by atoms with Gasteiger partial charge in [0.05, 0.1) is 7.11 Å². The lowest BCUT2D eigenvalue weighted by molar-refractivity contribution is 0.00738. The van der Waals surface area contributed by atoms with Crippen molar-refractivity contribution < 1.29 is 9.47 Å². The third-order valence-corrected chi connectivity index (χ3v) is 7.15. The zero-order chi connectivity index (χ0) is 20.5. The molecule has 0 radical (unpaired) electrons. The molecule has 1 heterocycles. The summed E-state index contributed by atoms with van der Waals surface area (Å²) in [5.74, 6) is 3.07. The molecule has 0 amide bonds. The first-order valence-electron chi connectivity index (χ1n) is 11.3. The lowest BCUT2D eigenvalue weighted by Crippen LogP contribution is -2.45. The Morgan fingerprint density at radius 2 is 1.93 bits per heavy atom. The van der Waals surface area contributed by atoms with Gasteiger partial charge in [0, 0.05) is 17.4 Å². The zero-order valence-corrected chi connectivity index (χ0v) is 19.2. The van der Waals surface area contributed by atoms with E-state index < -0.39 is 0 Å². The van der Waals surface area contributed by atoms with Gasteiger partial charge >= 0.3 is 0 Å². The third-order valence-electron chi connectivity index (χ3n) is 7.15. The van der Waals surface area contributed by atoms with Crippen molar-refractivity contribution in [1.29, 1.82) is 0 Å². The van der Waals surface area contributed by atoms with Crippen LogP contribution >= 0.6 is 0 Å². The average molecular weight is 385 g/mol. The third kappa shape index (κ3) is 4.11. The second-order valence-electron chi connectivity index (χ2n) is 10.2. The van der Waals surface area contributed by atoms with E-state index in [1.807, 2.05) is 7.11 Å². The van der Waals surface area contributed by atoms with Crippen molar-refractivity contribution in [1.82, 2.24) is 0 Å². The van der Waals surface area contributed by atoms with E-state index in [0.717, 1.165) is 24.3 Å². The van der Waals surface area contributed by atoms with Gasteiger partial charge in [0.25, 0.3) is 0 Å². The van der Waals surface area contributed by atoms with E-state index in [4.69, 9.17) is 9.47 Å². The Kier molecular flexibility index (Phi) is 6.17. The van der Waals surface area contributed by atoms with Crippen LogP contribution in [0.5, 0.6) is 11.5 Å². The van der Waals surface area contributed by atoms with Gasteiger partial charge in [-0.3, -0.25) is 0 Å². The number of benzene rings is 1. The molecule has 2 aliphatic rings. The Bertz CT molecular complexity index is 726. The van der Waals surface area contributed by atoms with Crippen molar-refractivity contribution in [3.05, 3.63) is 34.9 Å². The van der Waals surface area contributed by atoms with Crippen LogP contribution in [0.3, 0.4) is 0 Å². The van der Waals surface area contributed by atoms with Crippen LogP contribution < -0.4 is 9.47 Å². The number of allylic oxidation sites excluding steroid dienone is 2. The van der Waals surface area contributed by atoms with E-state index in [2.05, 4.69) is 59.8 Å². The quantitative estimate of drug-likeness (QED) is 0.357. The smallest absolute Gasteiger partial charge is 0.127 e. The number of rotatable bonds is 7. The van der Waals surface area contributed by atoms with Gasteiger partial charge in [0.2, 0.25) is 0 Å². The fraction of sp³-hybridized carbons (Fsp3) is 0.692. The first kappa shape index (κ1) is 21.3. The molecule has 28 heavy (non-hydrogen) atoms. The number of unbranched alkanes of at least 4 members (excludes halogenated alkanes) is 3. The molecule has 0 fully saturated rings. The molecular weight excluding hydrogens is 344 g/mol. The molecule has 3 rings (SSSR count). The first-order valence-corrected chi connectivity index (χ1v) is 11.3. The molecule has 1 aromatic rings. The molecular formula is C26H40O2. The van der Waals surface area contributed by atoms with Gasteiger partial charge in [-0.2, -0.15) is 0 Å². The van der Waals surface area contributed by atoms with Crippen LogP contribution in [0.4, 0.5) is 0 Å². The van der Waals surface area contributed by atoms with Crippen molar-refractivity contribution in [2.24, 2.45) is 5.92 Å². The predicted molar refractivity (Wildman–Crippen MR) is 119 cm³/mol. The van der Waals surface area contributed by atoms with Gasteiger partial charge in [-0.05, 0) is 63.1 Å². The van der Waals surface area contributed by atoms with E-state index in [-0.39, 0.29) is 11.0 Å². The number of hydrogen-bond acceptors (Lipinski definition) is 2. The minimum absolute atomic E-state index is 0.128. The number of methoxy groups -OCH3 is 1. The van der Waals surface area contributed by atoms with Crippen molar-refractivity contribution >= 4 is 0 Å². The summed E-state index contributed by atoms with van der Waals surface area (Å²) < 4.78 is 12.6. The van der Waals surface area contributed by atoms with Crippen LogP contribution in [-0.2, 0) is 5.41 Å². The van der Waals surface area contributed by atoms with Crippen molar-refractivity contribution in [3.8, 4) is 11.5 Å². The second-order valence-corrected chi connectivity index (χ2v) is 10.2. The minimum atomic E-state index is -0.149. The molecule has 1 aliphatic heterocycles. The maximum atomic E-state index is 6.64. The van der Waals surface area contributed by atoms with Gasteiger partial charge in [0.1, 0.15) is 17.1 Å². The average Bonchev–Trinajstić information content (AvgIpc) is 2.63. The van der Waals surface area contributed by atoms with Gasteiger partial charge < -0.3 is 9.47 Å². The van der Waals surface area contributed by atoms with Crippen molar-refractivity contribution in [3.63, 3.8) is 0 Å². The highest BCUT2D eigenvalue weighted by atomic mass is 16.5. The molecule has 0 N–H and O–H groups in total. The molecule has 0 spiro atoms. The van der Waals surface area contributed by atoms with E-state index >= 15 is 0 Å². The zero-order valence-electron chi connectivity index (χ0n) is 19.2. The highest BCUT2D eigenvalue weighted by molar-refractivity contribution is 5.54. The summed E-state index contributed by atoms with van der Waals surface area (Å²) in [7, 11) is 1.81. The topological polar surface area (TPSA) is 18.5 Å². The highest BCUT2D eigenvalue weighted by Crippen LogP contribution is 2.55. The van der Waals surface area contributed by atoms with Crippen molar-refractivity contribution in [2.75, 3.05) is 7.11 Å². The first-order chi connectivity index (χ1) is 13.2. The second kappa shape index (κ2) is 8.13. The number of fused-ring (bicyclic) bond motifs is 3. The summed E-state index contributed by atoms with van der Waals surface area (Å²) in [6.45, 7) is 13.8. The lowest BCUT2D eigenvalue weighted by atomic mass is 9.66. The fourth-order valence-electron chi connectivity index (χ4n) is 5.24. The van der Waals surface area contributed by atoms with Gasteiger partial charge in [0.15, 0.2) is 0 Å². The van der Waals surface area contributed by atoms with Crippen LogP contribution in [0.2, 0.25) is 0 Å². The molecule has 156 valence electrons. The van der Waals surface area contributed by atoms with Crippen LogP contribution in [0.25, 0.3) is 0 Å². The predicted octanol–water partition coefficient (Wildman–Crippen LogP) is 7.55. The Hall–Kier alpha value is -1.44. The summed E-state index contributed by atoms with van der Waals surface area (Å²) in [4.78, 5) is 0. The van der Waals surface area contributed by atoms with E-state index in [1.165, 1.54) is 48.8 Å². The van der Waals surface area contributed by atoms with E-state index in [1.54, 1.807) is 0 Å². The Labute approximate surface area is 172 Å². The maximum absolute atomic E-state index is 6.64. The maximum Gasteiger partial charge on any atom is 0.127 e. The molecule has 2 nitrogen and oxygen atoms in total. The molecule has 0 aromatic heterocycles. The van der Waals surface area contributed by atoms with Crippen LogP contribution in [0.15, 0.2) is 23.8 Å². The standard InChI is InChI=1S/C26H40O2/c1-8-9-10-11-14-25(3,4)19-16-22(27-7)24-20-15-18(2)12-13-21(20)26(5,6)28-23(24)17-19/h12,16-17,20-21H,8-11,13-15H2,1-7H3/t20-,21?/m1/s1. The van der Waals surface area contributed by atoms with Crippen LogP contribution in [0.1, 0.15) is 104 Å². The molecule has 1 aromatic carbocycles. The fourth-order valence-corrected chi connectivity index (χ4v) is 5.24. The van der Waals surface area contributed by atoms with E-state index in [9.17, 15) is 0 Å². The van der Waals surface area contributed by atoms with Crippen molar-refractivity contribution in [2.45, 2.75) is 103 Å². The molecule has 0 saturated heterocycles. The summed E-state index contributed by atoms with van der Waals surface area (Å²) in [6, 6.07) is 4.62. The summed E-state index contributed by atoms with van der Waals surface area (Å²) in [6.07, 6.45) is 11.0. The van der Waals surface area contributed by atoms with Crippen LogP contribution in [-0.4, -0.2) is 12.7 Å². The SMILES string of the molecule is CCCCCCC(C)(C)c1cc(OC)c2c(c1)OC(C)(C)C1CC=C(C)C[C@@H]21. The molecule has 1 aliphatic carbocycles. The molecule has 2 heteroatoms. The minimum Gasteiger partial charge on any atom is -0.496 e. The Morgan fingerprint density at radius 1 is 1.18 bits per heavy atom. The molecule has 2 atom stereocenters. The van der Waals surface area contributed by atoms with Gasteiger partial charge in [-0.15, -0.1) is 0 Å². The molecule has 0 bridgehead atoms. The normalized spacial score (nSPS) is 23.3. The summed E-state index contributed by atoms with van der Waals surface area (Å²) >= 11 is 0. The summed E-state index contributed by atoms with van der Waals surface area (Å²) in [5, 5.41) is 0. The summed E-state index contributed by atoms with van der Waals surface area (Å²) in [5.41, 5.74) is 4.11. The van der Waals surface area contributed by atoms with E-state index in [0.29, 0.717) is 11.8 Å². The van der Waals surface area contributed by atoms with Gasteiger partial charge in [-0.1, -0.05) is 58.1 Å². The number of hydrogen-bond donors (Lipinski definition) is 0. The van der Waals surface area contributed by atoms with Crippen LogP contribution in [0, 0.1) is 5.92 Å². The molecule has 0 saturated carbocycles.